The van der Waals surface area contributed by atoms with Crippen LogP contribution in [-0.4, -0.2) is 47.0 Å². The van der Waals surface area contributed by atoms with Crippen molar-refractivity contribution >= 4 is 12.0 Å². The van der Waals surface area contributed by atoms with Gasteiger partial charge in [-0.1, -0.05) is 5.92 Å². The van der Waals surface area contributed by atoms with Gasteiger partial charge in [0.05, 0.1) is 19.4 Å². The van der Waals surface area contributed by atoms with E-state index in [4.69, 9.17) is 15.9 Å². The van der Waals surface area contributed by atoms with Gasteiger partial charge in [-0.2, -0.15) is 0 Å². The molecule has 1 heterocycles. The van der Waals surface area contributed by atoms with Crippen LogP contribution in [0.25, 0.3) is 0 Å². The molecule has 0 bridgehead atoms. The molecule has 0 fully saturated rings. The maximum atomic E-state index is 12.1. The highest BCUT2D eigenvalue weighted by Crippen LogP contribution is 2.12. The van der Waals surface area contributed by atoms with Crippen LogP contribution in [0.1, 0.15) is 11.3 Å². The van der Waals surface area contributed by atoms with Crippen molar-refractivity contribution in [3.05, 3.63) is 23.7 Å². The predicted octanol–water partition coefficient (Wildman–Crippen LogP) is 1.16. The summed E-state index contributed by atoms with van der Waals surface area (Å²) in [6.07, 6.45) is 6.67. The number of carboxylic acids is 1. The van der Waals surface area contributed by atoms with Gasteiger partial charge >= 0.3 is 12.0 Å². The molecule has 0 radical (unpaired) electrons. The minimum atomic E-state index is -1.10. The predicted molar refractivity (Wildman–Crippen MR) is 68.3 cm³/mol. The minimum Gasteiger partial charge on any atom is -0.480 e. The van der Waals surface area contributed by atoms with Crippen molar-refractivity contribution in [2.75, 3.05) is 20.1 Å². The second-order valence-electron chi connectivity index (χ2n) is 4.09. The molecule has 0 aliphatic rings. The van der Waals surface area contributed by atoms with Crippen molar-refractivity contribution < 1.29 is 19.1 Å². The number of carbonyl (C=O) groups is 2. The second kappa shape index (κ2) is 6.50. The SMILES string of the molecule is C#CCN(CC(=O)O)C(=O)N(C)Cc1ccoc1C. The molecule has 0 unspecified atom stereocenters. The lowest BCUT2D eigenvalue weighted by Gasteiger charge is -2.25. The van der Waals surface area contributed by atoms with Gasteiger partial charge in [0.25, 0.3) is 0 Å². The molecule has 6 nitrogen and oxygen atoms in total. The van der Waals surface area contributed by atoms with Gasteiger partial charge in [0.2, 0.25) is 0 Å². The van der Waals surface area contributed by atoms with Crippen molar-refractivity contribution in [2.45, 2.75) is 13.5 Å². The van der Waals surface area contributed by atoms with E-state index in [0.29, 0.717) is 6.54 Å². The number of hydrogen-bond donors (Lipinski definition) is 1. The lowest BCUT2D eigenvalue weighted by Crippen LogP contribution is -2.43. The zero-order chi connectivity index (χ0) is 14.4. The Hall–Kier alpha value is -2.42. The summed E-state index contributed by atoms with van der Waals surface area (Å²) in [6.45, 7) is 1.67. The number of terminal acetylenes is 1. The molecular weight excluding hydrogens is 248 g/mol. The summed E-state index contributed by atoms with van der Waals surface area (Å²) >= 11 is 0. The third kappa shape index (κ3) is 4.07. The quantitative estimate of drug-likeness (QED) is 0.810. The summed E-state index contributed by atoms with van der Waals surface area (Å²) in [5.74, 6) is 1.90. The van der Waals surface area contributed by atoms with Gasteiger partial charge in [-0.3, -0.25) is 4.79 Å². The number of carboxylic acid groups (broad SMARTS) is 1. The number of amides is 2. The van der Waals surface area contributed by atoms with E-state index >= 15 is 0 Å². The Bertz CT molecular complexity index is 501. The van der Waals surface area contributed by atoms with E-state index in [0.717, 1.165) is 16.2 Å². The van der Waals surface area contributed by atoms with Crippen LogP contribution < -0.4 is 0 Å². The van der Waals surface area contributed by atoms with E-state index in [9.17, 15) is 9.59 Å². The fraction of sp³-hybridized carbons (Fsp3) is 0.385. The van der Waals surface area contributed by atoms with Crippen LogP contribution in [0.4, 0.5) is 4.79 Å². The number of nitrogens with zero attached hydrogens (tertiary/aromatic N) is 2. The van der Waals surface area contributed by atoms with Crippen molar-refractivity contribution in [3.63, 3.8) is 0 Å². The summed E-state index contributed by atoms with van der Waals surface area (Å²) in [5, 5.41) is 8.75. The number of carbonyl (C=O) groups excluding carboxylic acids is 1. The molecule has 1 aromatic heterocycles. The summed E-state index contributed by atoms with van der Waals surface area (Å²) in [5.41, 5.74) is 0.867. The molecule has 0 spiro atoms. The monoisotopic (exact) mass is 264 g/mol. The molecule has 1 aromatic rings. The normalized spacial score (nSPS) is 9.74. The molecule has 1 N–H and O–H groups in total. The van der Waals surface area contributed by atoms with Gasteiger partial charge in [-0.05, 0) is 13.0 Å². The first-order chi connectivity index (χ1) is 8.95. The van der Waals surface area contributed by atoms with Gasteiger partial charge in [0.15, 0.2) is 0 Å². The maximum absolute atomic E-state index is 12.1. The highest BCUT2D eigenvalue weighted by molar-refractivity contribution is 5.80. The van der Waals surface area contributed by atoms with Gasteiger partial charge in [0, 0.05) is 12.6 Å². The molecule has 1 rings (SSSR count). The van der Waals surface area contributed by atoms with Gasteiger partial charge in [-0.15, -0.1) is 6.42 Å². The van der Waals surface area contributed by atoms with Crippen LogP contribution >= 0.6 is 0 Å². The van der Waals surface area contributed by atoms with Crippen LogP contribution in [-0.2, 0) is 11.3 Å². The standard InChI is InChI=1S/C13H16N2O4/c1-4-6-15(9-12(16)17)13(18)14(3)8-11-5-7-19-10(11)2/h1,5,7H,6,8-9H2,2-3H3,(H,16,17). The Morgan fingerprint density at radius 2 is 2.21 bits per heavy atom. The number of aryl methyl sites for hydroxylation is 1. The lowest BCUT2D eigenvalue weighted by atomic mass is 10.2. The molecule has 0 aliphatic carbocycles. The highest BCUT2D eigenvalue weighted by atomic mass is 16.4. The number of urea groups is 1. The molecule has 0 saturated heterocycles. The maximum Gasteiger partial charge on any atom is 0.323 e. The summed E-state index contributed by atoms with van der Waals surface area (Å²) in [7, 11) is 1.58. The lowest BCUT2D eigenvalue weighted by molar-refractivity contribution is -0.137. The first kappa shape index (κ1) is 14.6. The topological polar surface area (TPSA) is 74.0 Å². The third-order valence-electron chi connectivity index (χ3n) is 2.58. The van der Waals surface area contributed by atoms with E-state index in [1.165, 1.54) is 4.90 Å². The number of rotatable bonds is 5. The molecular formula is C13H16N2O4. The fourth-order valence-electron chi connectivity index (χ4n) is 1.60. The molecule has 102 valence electrons. The first-order valence-electron chi connectivity index (χ1n) is 5.64. The average molecular weight is 264 g/mol. The minimum absolute atomic E-state index is 0.0418. The first-order valence-corrected chi connectivity index (χ1v) is 5.64. The largest absolute Gasteiger partial charge is 0.480 e. The molecule has 19 heavy (non-hydrogen) atoms. The van der Waals surface area contributed by atoms with Crippen LogP contribution in [0.15, 0.2) is 16.7 Å². The fourth-order valence-corrected chi connectivity index (χ4v) is 1.60. The number of furan rings is 1. The Morgan fingerprint density at radius 1 is 1.53 bits per heavy atom. The van der Waals surface area contributed by atoms with Crippen molar-refractivity contribution in [3.8, 4) is 12.3 Å². The van der Waals surface area contributed by atoms with E-state index in [1.807, 2.05) is 0 Å². The second-order valence-corrected chi connectivity index (χ2v) is 4.09. The van der Waals surface area contributed by atoms with Gasteiger partial charge < -0.3 is 19.3 Å². The van der Waals surface area contributed by atoms with Crippen LogP contribution in [0.2, 0.25) is 0 Å². The molecule has 0 saturated carbocycles. The summed E-state index contributed by atoms with van der Waals surface area (Å²) < 4.78 is 5.14. The zero-order valence-electron chi connectivity index (χ0n) is 10.9. The third-order valence-corrected chi connectivity index (χ3v) is 2.58. The Balaban J connectivity index is 2.71. The molecule has 2 amide bonds. The molecule has 0 aromatic carbocycles. The zero-order valence-corrected chi connectivity index (χ0v) is 10.9. The van der Waals surface area contributed by atoms with Crippen molar-refractivity contribution in [1.29, 1.82) is 0 Å². The average Bonchev–Trinajstić information content (AvgIpc) is 2.73. The van der Waals surface area contributed by atoms with Crippen LogP contribution in [0.3, 0.4) is 0 Å². The van der Waals surface area contributed by atoms with E-state index < -0.39 is 18.5 Å². The highest BCUT2D eigenvalue weighted by Gasteiger charge is 2.20. The Labute approximate surface area is 111 Å². The molecule has 6 heteroatoms. The Kier molecular flexibility index (Phi) is 5.01. The van der Waals surface area contributed by atoms with Gasteiger partial charge in [0.1, 0.15) is 12.3 Å². The number of hydrogen-bond acceptors (Lipinski definition) is 3. The van der Waals surface area contributed by atoms with E-state index in [2.05, 4.69) is 5.92 Å². The van der Waals surface area contributed by atoms with Crippen LogP contribution in [0, 0.1) is 19.3 Å². The summed E-state index contributed by atoms with van der Waals surface area (Å²) in [4.78, 5) is 25.3. The van der Waals surface area contributed by atoms with Crippen molar-refractivity contribution in [2.24, 2.45) is 0 Å². The Morgan fingerprint density at radius 3 is 2.68 bits per heavy atom. The van der Waals surface area contributed by atoms with Crippen molar-refractivity contribution in [1.82, 2.24) is 9.80 Å². The van der Waals surface area contributed by atoms with Crippen LogP contribution in [0.5, 0.6) is 0 Å². The number of aliphatic carboxylic acids is 1. The smallest absolute Gasteiger partial charge is 0.323 e. The summed E-state index contributed by atoms with van der Waals surface area (Å²) in [6, 6.07) is 1.34. The van der Waals surface area contributed by atoms with Gasteiger partial charge in [-0.25, -0.2) is 4.79 Å². The van der Waals surface area contributed by atoms with E-state index in [-0.39, 0.29) is 6.54 Å². The molecule has 0 atom stereocenters. The molecule has 0 aliphatic heterocycles. The van der Waals surface area contributed by atoms with E-state index in [1.54, 1.807) is 26.3 Å².